The maximum Gasteiger partial charge on any atom is 0.259 e. The lowest BCUT2D eigenvalue weighted by Gasteiger charge is -2.24. The number of aromatic amines is 1. The van der Waals surface area contributed by atoms with Crippen molar-refractivity contribution in [2.75, 3.05) is 11.4 Å². The molecule has 0 radical (unpaired) electrons. The van der Waals surface area contributed by atoms with Crippen LogP contribution in [0.25, 0.3) is 22.2 Å². The number of nitrogens with one attached hydrogen (secondary N) is 2. The van der Waals surface area contributed by atoms with Crippen molar-refractivity contribution in [3.8, 4) is 11.4 Å². The number of nitrogens with zero attached hydrogens (tertiary/aromatic N) is 4. The van der Waals surface area contributed by atoms with E-state index in [1.807, 2.05) is 48.5 Å². The number of rotatable bonds is 6. The predicted octanol–water partition coefficient (Wildman–Crippen LogP) is 2.73. The molecule has 2 aromatic carbocycles. The van der Waals surface area contributed by atoms with Crippen molar-refractivity contribution in [2.24, 2.45) is 0 Å². The van der Waals surface area contributed by atoms with Crippen LogP contribution in [0.2, 0.25) is 0 Å². The van der Waals surface area contributed by atoms with E-state index in [0.29, 0.717) is 30.2 Å². The van der Waals surface area contributed by atoms with Gasteiger partial charge in [0.2, 0.25) is 5.91 Å². The van der Waals surface area contributed by atoms with Gasteiger partial charge in [-0.15, -0.1) is 0 Å². The molecule has 0 bridgehead atoms. The van der Waals surface area contributed by atoms with Crippen LogP contribution in [0, 0.1) is 0 Å². The third-order valence-corrected chi connectivity index (χ3v) is 5.47. The molecule has 1 aliphatic heterocycles. The normalized spacial score (nSPS) is 13.6. The number of hydrogen-bond acceptors (Lipinski definition) is 5. The SMILES string of the molecule is CC(C(=O)NCCc1nc(-c2cccnc2)n[nH]1)N1C(=O)c2cccc3cccc1c23. The highest BCUT2D eigenvalue weighted by atomic mass is 16.2. The van der Waals surface area contributed by atoms with Crippen molar-refractivity contribution in [3.63, 3.8) is 0 Å². The first-order chi connectivity index (χ1) is 15.1. The number of amides is 2. The van der Waals surface area contributed by atoms with Gasteiger partial charge in [0.15, 0.2) is 5.82 Å². The molecular formula is C23H20N6O2. The maximum absolute atomic E-state index is 13.0. The Labute approximate surface area is 178 Å². The molecule has 1 aliphatic rings. The zero-order valence-corrected chi connectivity index (χ0v) is 16.9. The Hall–Kier alpha value is -4.07. The molecular weight excluding hydrogens is 392 g/mol. The quantitative estimate of drug-likeness (QED) is 0.507. The number of H-pyrrole nitrogens is 1. The molecule has 31 heavy (non-hydrogen) atoms. The molecule has 0 saturated carbocycles. The van der Waals surface area contributed by atoms with Crippen molar-refractivity contribution < 1.29 is 9.59 Å². The highest BCUT2D eigenvalue weighted by Gasteiger charge is 2.35. The minimum atomic E-state index is -0.633. The van der Waals surface area contributed by atoms with Crippen LogP contribution < -0.4 is 10.2 Å². The van der Waals surface area contributed by atoms with Crippen molar-refractivity contribution in [1.29, 1.82) is 0 Å². The number of hydrogen-bond donors (Lipinski definition) is 2. The summed E-state index contributed by atoms with van der Waals surface area (Å²) in [6, 6.07) is 14.5. The monoisotopic (exact) mass is 412 g/mol. The standard InChI is InChI=1S/C23H20N6O2/c1-14(29-18-9-3-6-15-5-2-8-17(20(15)18)23(29)31)22(30)25-12-10-19-26-21(28-27-19)16-7-4-11-24-13-16/h2-9,11,13-14H,10,12H2,1H3,(H,25,30)(H,26,27,28). The number of pyridine rings is 1. The Bertz CT molecular complexity index is 1280. The van der Waals surface area contributed by atoms with Gasteiger partial charge in [-0.05, 0) is 36.6 Å². The van der Waals surface area contributed by atoms with E-state index in [9.17, 15) is 9.59 Å². The Morgan fingerprint density at radius 2 is 2.00 bits per heavy atom. The average Bonchev–Trinajstić information content (AvgIpc) is 3.38. The lowest BCUT2D eigenvalue weighted by atomic mass is 10.1. The van der Waals surface area contributed by atoms with Crippen LogP contribution in [0.3, 0.4) is 0 Å². The minimum absolute atomic E-state index is 0.147. The van der Waals surface area contributed by atoms with Crippen molar-refractivity contribution in [2.45, 2.75) is 19.4 Å². The first-order valence-electron chi connectivity index (χ1n) is 10.1. The molecule has 1 unspecified atom stereocenters. The predicted molar refractivity (Wildman–Crippen MR) is 117 cm³/mol. The number of aromatic nitrogens is 4. The van der Waals surface area contributed by atoms with Crippen LogP contribution in [-0.2, 0) is 11.2 Å². The van der Waals surface area contributed by atoms with Gasteiger partial charge in [-0.3, -0.25) is 24.6 Å². The van der Waals surface area contributed by atoms with Gasteiger partial charge in [-0.25, -0.2) is 4.98 Å². The van der Waals surface area contributed by atoms with Crippen LogP contribution in [0.4, 0.5) is 5.69 Å². The fourth-order valence-corrected chi connectivity index (χ4v) is 3.92. The summed E-state index contributed by atoms with van der Waals surface area (Å²) in [7, 11) is 0. The van der Waals surface area contributed by atoms with Gasteiger partial charge in [-0.1, -0.05) is 24.3 Å². The molecule has 2 amide bonds. The van der Waals surface area contributed by atoms with Gasteiger partial charge in [0.25, 0.3) is 5.91 Å². The van der Waals surface area contributed by atoms with E-state index >= 15 is 0 Å². The molecule has 0 saturated heterocycles. The van der Waals surface area contributed by atoms with Crippen LogP contribution >= 0.6 is 0 Å². The number of benzene rings is 2. The molecule has 0 spiro atoms. The van der Waals surface area contributed by atoms with Gasteiger partial charge >= 0.3 is 0 Å². The molecule has 8 heteroatoms. The van der Waals surface area contributed by atoms with Gasteiger partial charge in [0, 0.05) is 41.9 Å². The van der Waals surface area contributed by atoms with Crippen LogP contribution in [0.1, 0.15) is 23.1 Å². The smallest absolute Gasteiger partial charge is 0.259 e. The first-order valence-corrected chi connectivity index (χ1v) is 10.1. The Morgan fingerprint density at radius 1 is 1.16 bits per heavy atom. The van der Waals surface area contributed by atoms with Crippen molar-refractivity contribution in [3.05, 3.63) is 72.3 Å². The topological polar surface area (TPSA) is 104 Å². The lowest BCUT2D eigenvalue weighted by molar-refractivity contribution is -0.121. The second-order valence-corrected chi connectivity index (χ2v) is 7.42. The van der Waals surface area contributed by atoms with E-state index in [1.165, 1.54) is 0 Å². The second kappa shape index (κ2) is 7.64. The molecule has 154 valence electrons. The van der Waals surface area contributed by atoms with E-state index in [0.717, 1.165) is 22.0 Å². The summed E-state index contributed by atoms with van der Waals surface area (Å²) in [5.41, 5.74) is 2.23. The summed E-state index contributed by atoms with van der Waals surface area (Å²) >= 11 is 0. The van der Waals surface area contributed by atoms with E-state index < -0.39 is 6.04 Å². The maximum atomic E-state index is 13.0. The third kappa shape index (κ3) is 3.31. The summed E-state index contributed by atoms with van der Waals surface area (Å²) in [5.74, 6) is 0.869. The summed E-state index contributed by atoms with van der Waals surface area (Å²) in [4.78, 5) is 35.9. The lowest BCUT2D eigenvalue weighted by Crippen LogP contribution is -2.47. The van der Waals surface area contributed by atoms with Gasteiger partial charge in [0.1, 0.15) is 11.9 Å². The molecule has 2 N–H and O–H groups in total. The van der Waals surface area contributed by atoms with Crippen molar-refractivity contribution in [1.82, 2.24) is 25.5 Å². The Morgan fingerprint density at radius 3 is 2.81 bits per heavy atom. The highest BCUT2D eigenvalue weighted by Crippen LogP contribution is 2.38. The molecule has 0 fully saturated rings. The Kier molecular flexibility index (Phi) is 4.66. The molecule has 5 rings (SSSR count). The minimum Gasteiger partial charge on any atom is -0.354 e. The summed E-state index contributed by atoms with van der Waals surface area (Å²) < 4.78 is 0. The molecule has 8 nitrogen and oxygen atoms in total. The summed E-state index contributed by atoms with van der Waals surface area (Å²) in [5, 5.41) is 11.9. The first kappa shape index (κ1) is 18.9. The van der Waals surface area contributed by atoms with Gasteiger partial charge in [0.05, 0.1) is 5.69 Å². The van der Waals surface area contributed by atoms with Gasteiger partial charge in [-0.2, -0.15) is 5.10 Å². The number of anilines is 1. The van der Waals surface area contributed by atoms with E-state index in [4.69, 9.17) is 0 Å². The van der Waals surface area contributed by atoms with Crippen molar-refractivity contribution >= 4 is 28.3 Å². The van der Waals surface area contributed by atoms with Crippen LogP contribution in [0.5, 0.6) is 0 Å². The van der Waals surface area contributed by atoms with E-state index in [1.54, 1.807) is 24.2 Å². The van der Waals surface area contributed by atoms with E-state index in [2.05, 4.69) is 25.5 Å². The third-order valence-electron chi connectivity index (χ3n) is 5.47. The number of carbonyl (C=O) groups excluding carboxylic acids is 2. The van der Waals surface area contributed by atoms with Gasteiger partial charge < -0.3 is 5.32 Å². The zero-order valence-electron chi connectivity index (χ0n) is 16.9. The highest BCUT2D eigenvalue weighted by molar-refractivity contribution is 6.26. The summed E-state index contributed by atoms with van der Waals surface area (Å²) in [6.07, 6.45) is 3.88. The molecule has 2 aromatic heterocycles. The average molecular weight is 412 g/mol. The van der Waals surface area contributed by atoms with Crippen LogP contribution in [-0.4, -0.2) is 44.6 Å². The molecule has 1 atom stereocenters. The largest absolute Gasteiger partial charge is 0.354 e. The zero-order chi connectivity index (χ0) is 21.4. The van der Waals surface area contributed by atoms with E-state index in [-0.39, 0.29) is 11.8 Å². The second-order valence-electron chi connectivity index (χ2n) is 7.42. The van der Waals surface area contributed by atoms with Crippen LogP contribution in [0.15, 0.2) is 60.9 Å². The molecule has 0 aliphatic carbocycles. The molecule has 4 aromatic rings. The molecule has 3 heterocycles. The fraction of sp³-hybridized carbons (Fsp3) is 0.174. The Balaban J connectivity index is 1.24. The fourth-order valence-electron chi connectivity index (χ4n) is 3.92. The number of carbonyl (C=O) groups is 2. The summed E-state index contributed by atoms with van der Waals surface area (Å²) in [6.45, 7) is 2.12.